The van der Waals surface area contributed by atoms with E-state index >= 15 is 0 Å². The number of Topliss-reactive ketones (excluding diaryl/α,β-unsaturated/α-hetero) is 1. The number of hydrogen-bond acceptors (Lipinski definition) is 11. The van der Waals surface area contributed by atoms with Gasteiger partial charge in [-0.2, -0.15) is 0 Å². The van der Waals surface area contributed by atoms with Gasteiger partial charge in [-0.15, -0.1) is 0 Å². The van der Waals surface area contributed by atoms with E-state index in [0.717, 1.165) is 67.8 Å². The second-order valence-corrected chi connectivity index (χ2v) is 15.0. The molecule has 5 aromatic rings. The summed E-state index contributed by atoms with van der Waals surface area (Å²) in [6.45, 7) is 4.20. The van der Waals surface area contributed by atoms with Crippen molar-refractivity contribution in [3.63, 3.8) is 0 Å². The fourth-order valence-electron chi connectivity index (χ4n) is 8.15. The van der Waals surface area contributed by atoms with Crippen molar-refractivity contribution in [2.75, 3.05) is 61.2 Å². The molecule has 2 aliphatic heterocycles. The van der Waals surface area contributed by atoms with Crippen LogP contribution in [0.15, 0.2) is 97.2 Å². The third-order valence-electron chi connectivity index (χ3n) is 11.4. The SMILES string of the molecule is COc1ccc(C2(CCN3CCC(C(=O)c4nc5ccccc5n4Cc4ccccn4)CC3)CCN(C(=O)c3cc(OC)c(OC)c(OC)c3)C2)cc1.O=C(O)/C=C/C(=O)O. The van der Waals surface area contributed by atoms with E-state index in [2.05, 4.69) is 22.0 Å². The van der Waals surface area contributed by atoms with Crippen molar-refractivity contribution in [1.82, 2.24) is 24.3 Å². The van der Waals surface area contributed by atoms with Gasteiger partial charge in [-0.1, -0.05) is 30.3 Å². The summed E-state index contributed by atoms with van der Waals surface area (Å²) < 4.78 is 24.1. The van der Waals surface area contributed by atoms with Gasteiger partial charge in [-0.05, 0) is 99.4 Å². The van der Waals surface area contributed by atoms with Crippen LogP contribution in [0.5, 0.6) is 23.0 Å². The molecule has 320 valence electrons. The number of fused-ring (bicyclic) bond motifs is 1. The third-order valence-corrected chi connectivity index (χ3v) is 11.4. The highest BCUT2D eigenvalue weighted by Gasteiger charge is 2.42. The van der Waals surface area contributed by atoms with Crippen LogP contribution in [-0.4, -0.2) is 119 Å². The number of piperidine rings is 1. The number of carbonyl (C=O) groups is 4. The van der Waals surface area contributed by atoms with Crippen LogP contribution in [0.25, 0.3) is 11.0 Å². The smallest absolute Gasteiger partial charge is 0.328 e. The average molecular weight is 834 g/mol. The molecule has 1 amide bonds. The Morgan fingerprint density at radius 1 is 0.803 bits per heavy atom. The zero-order valence-corrected chi connectivity index (χ0v) is 34.8. The van der Waals surface area contributed by atoms with E-state index in [4.69, 9.17) is 34.1 Å². The molecule has 4 heterocycles. The maximum absolute atomic E-state index is 14.1. The molecule has 2 N–H and O–H groups in total. The molecule has 7 rings (SSSR count). The van der Waals surface area contributed by atoms with E-state index < -0.39 is 11.9 Å². The number of carboxylic acid groups (broad SMARTS) is 2. The highest BCUT2D eigenvalue weighted by molar-refractivity contribution is 5.98. The summed E-state index contributed by atoms with van der Waals surface area (Å²) in [6, 6.07) is 25.5. The number of carbonyl (C=O) groups excluding carboxylic acids is 2. The number of rotatable bonds is 15. The predicted octanol–water partition coefficient (Wildman–Crippen LogP) is 5.99. The molecule has 0 aliphatic carbocycles. The molecule has 0 radical (unpaired) electrons. The van der Waals surface area contributed by atoms with Gasteiger partial charge >= 0.3 is 11.9 Å². The number of pyridine rings is 1. The fraction of sp³-hybridized carbons (Fsp3) is 0.348. The number of carboxylic acids is 2. The van der Waals surface area contributed by atoms with E-state index in [1.54, 1.807) is 46.8 Å². The van der Waals surface area contributed by atoms with Crippen molar-refractivity contribution in [3.8, 4) is 23.0 Å². The van der Waals surface area contributed by atoms with Gasteiger partial charge in [0.25, 0.3) is 5.91 Å². The zero-order chi connectivity index (χ0) is 43.5. The van der Waals surface area contributed by atoms with E-state index in [-0.39, 0.29) is 23.0 Å². The quantitative estimate of drug-likeness (QED) is 0.0927. The minimum atomic E-state index is -1.26. The predicted molar refractivity (Wildman–Crippen MR) is 227 cm³/mol. The van der Waals surface area contributed by atoms with Crippen molar-refractivity contribution in [1.29, 1.82) is 0 Å². The van der Waals surface area contributed by atoms with Crippen molar-refractivity contribution in [2.45, 2.75) is 37.6 Å². The molecule has 0 bridgehead atoms. The molecule has 2 fully saturated rings. The number of ether oxygens (including phenoxy) is 4. The Balaban J connectivity index is 0.000000708. The Labute approximate surface area is 354 Å². The molecule has 15 nitrogen and oxygen atoms in total. The Kier molecular flexibility index (Phi) is 14.4. The van der Waals surface area contributed by atoms with Gasteiger partial charge in [0, 0.05) is 48.3 Å². The number of aliphatic carboxylic acids is 2. The number of likely N-dealkylation sites (tertiary alicyclic amines) is 2. The highest BCUT2D eigenvalue weighted by atomic mass is 16.5. The van der Waals surface area contributed by atoms with Gasteiger partial charge in [-0.3, -0.25) is 14.6 Å². The molecule has 1 unspecified atom stereocenters. The van der Waals surface area contributed by atoms with Crippen molar-refractivity contribution < 1.29 is 48.3 Å². The Morgan fingerprint density at radius 3 is 2.05 bits per heavy atom. The van der Waals surface area contributed by atoms with Gasteiger partial charge in [0.2, 0.25) is 11.5 Å². The minimum Gasteiger partial charge on any atom is -0.497 e. The molecule has 61 heavy (non-hydrogen) atoms. The van der Waals surface area contributed by atoms with Crippen LogP contribution in [-0.2, 0) is 21.5 Å². The van der Waals surface area contributed by atoms with Gasteiger partial charge in [0.15, 0.2) is 17.3 Å². The number of aromatic nitrogens is 3. The second kappa shape index (κ2) is 20.0. The summed E-state index contributed by atoms with van der Waals surface area (Å²) in [4.78, 5) is 60.9. The Bertz CT molecular complexity index is 2310. The Hall–Kier alpha value is -6.74. The maximum Gasteiger partial charge on any atom is 0.328 e. The number of ketones is 1. The number of hydrogen-bond donors (Lipinski definition) is 2. The summed E-state index contributed by atoms with van der Waals surface area (Å²) >= 11 is 0. The first kappa shape index (κ1) is 43.8. The van der Waals surface area contributed by atoms with E-state index in [0.29, 0.717) is 60.4 Å². The number of imidazole rings is 1. The first-order chi connectivity index (χ1) is 29.5. The number of benzene rings is 3. The molecule has 3 aromatic carbocycles. The van der Waals surface area contributed by atoms with Gasteiger partial charge in [0.05, 0.1) is 51.7 Å². The number of para-hydroxylation sites is 2. The normalized spacial score (nSPS) is 16.8. The lowest BCUT2D eigenvalue weighted by Gasteiger charge is -2.36. The number of amides is 1. The fourth-order valence-corrected chi connectivity index (χ4v) is 8.15. The van der Waals surface area contributed by atoms with Crippen LogP contribution in [0, 0.1) is 5.92 Å². The van der Waals surface area contributed by atoms with Crippen LogP contribution in [0.1, 0.15) is 57.9 Å². The lowest BCUT2D eigenvalue weighted by molar-refractivity contribution is -0.134. The highest BCUT2D eigenvalue weighted by Crippen LogP contribution is 2.42. The van der Waals surface area contributed by atoms with Crippen LogP contribution in [0.3, 0.4) is 0 Å². The molecular weight excluding hydrogens is 783 g/mol. The summed E-state index contributed by atoms with van der Waals surface area (Å²) in [7, 11) is 6.32. The van der Waals surface area contributed by atoms with Crippen molar-refractivity contribution in [3.05, 3.63) is 120 Å². The van der Waals surface area contributed by atoms with Gasteiger partial charge < -0.3 is 43.5 Å². The molecule has 2 aliphatic rings. The summed E-state index contributed by atoms with van der Waals surface area (Å²) in [5.41, 5.74) is 4.09. The zero-order valence-electron chi connectivity index (χ0n) is 34.8. The van der Waals surface area contributed by atoms with Crippen LogP contribution < -0.4 is 18.9 Å². The number of methoxy groups -OCH3 is 4. The lowest BCUT2D eigenvalue weighted by Crippen LogP contribution is -2.41. The van der Waals surface area contributed by atoms with Gasteiger partial charge in [-0.25, -0.2) is 14.6 Å². The van der Waals surface area contributed by atoms with E-state index in [1.807, 2.05) is 64.1 Å². The summed E-state index contributed by atoms with van der Waals surface area (Å²) in [5, 5.41) is 15.6. The third kappa shape index (κ3) is 10.4. The molecule has 0 spiro atoms. The molecule has 15 heteroatoms. The molecular formula is C46H51N5O10. The largest absolute Gasteiger partial charge is 0.497 e. The van der Waals surface area contributed by atoms with E-state index in [9.17, 15) is 19.2 Å². The van der Waals surface area contributed by atoms with Crippen molar-refractivity contribution in [2.24, 2.45) is 5.92 Å². The van der Waals surface area contributed by atoms with Crippen LogP contribution in [0.2, 0.25) is 0 Å². The number of nitrogens with zero attached hydrogens (tertiary/aromatic N) is 5. The Morgan fingerprint density at radius 2 is 1.46 bits per heavy atom. The van der Waals surface area contributed by atoms with E-state index in [1.165, 1.54) is 5.56 Å². The topological polar surface area (TPSA) is 183 Å². The summed E-state index contributed by atoms with van der Waals surface area (Å²) in [6.07, 6.45) is 6.14. The second-order valence-electron chi connectivity index (χ2n) is 15.0. The molecule has 0 saturated carbocycles. The minimum absolute atomic E-state index is 0.0759. The monoisotopic (exact) mass is 833 g/mol. The molecule has 2 aromatic heterocycles. The standard InChI is InChI=1S/C42H47N5O6.C4H4O4/c1-50-33-14-12-31(13-15-33)42(19-24-46(28-42)41(49)30-25-36(51-2)39(53-4)37(26-30)52-3)18-23-45-21-16-29(17-22-45)38(48)40-44-34-10-5-6-11-35(34)47(40)27-32-9-7-8-20-43-32;5-3(6)1-2-4(7)8/h5-15,20,25-26,29H,16-19,21-24,27-28H2,1-4H3;1-2H,(H,5,6)(H,7,8)/b;2-1+. The summed E-state index contributed by atoms with van der Waals surface area (Å²) in [5.74, 6) is 0.0693. The first-order valence-corrected chi connectivity index (χ1v) is 20.0. The van der Waals surface area contributed by atoms with Gasteiger partial charge in [0.1, 0.15) is 5.75 Å². The lowest BCUT2D eigenvalue weighted by atomic mass is 9.76. The van der Waals surface area contributed by atoms with Crippen molar-refractivity contribution >= 4 is 34.7 Å². The average Bonchev–Trinajstić information content (AvgIpc) is 3.90. The van der Waals surface area contributed by atoms with Crippen LogP contribution >= 0.6 is 0 Å². The maximum atomic E-state index is 14.1. The molecule has 2 saturated heterocycles. The first-order valence-electron chi connectivity index (χ1n) is 20.0. The van der Waals surface area contributed by atoms with Crippen LogP contribution in [0.4, 0.5) is 0 Å². The molecule has 1 atom stereocenters.